The van der Waals surface area contributed by atoms with Gasteiger partial charge in [0, 0.05) is 33.6 Å². The average Bonchev–Trinajstić information content (AvgIpc) is 3.52. The van der Waals surface area contributed by atoms with E-state index in [0.29, 0.717) is 6.04 Å². The third-order valence-electron chi connectivity index (χ3n) is 12.4. The molecule has 2 nitrogen and oxygen atoms in total. The van der Waals surface area contributed by atoms with Gasteiger partial charge in [-0.1, -0.05) is 178 Å². The van der Waals surface area contributed by atoms with E-state index >= 15 is 0 Å². The van der Waals surface area contributed by atoms with Crippen LogP contribution in [0.1, 0.15) is 55.4 Å². The number of hydrogen-bond acceptors (Lipinski definition) is 2. The van der Waals surface area contributed by atoms with Crippen molar-refractivity contribution in [2.24, 2.45) is 0 Å². The Morgan fingerprint density at radius 2 is 1.24 bits per heavy atom. The lowest BCUT2D eigenvalue weighted by Crippen LogP contribution is -2.33. The molecule has 0 saturated carbocycles. The van der Waals surface area contributed by atoms with E-state index in [1.807, 2.05) is 0 Å². The molecule has 59 heavy (non-hydrogen) atoms. The van der Waals surface area contributed by atoms with Crippen LogP contribution in [0.3, 0.4) is 0 Å². The largest absolute Gasteiger partial charge is 0.335 e. The van der Waals surface area contributed by atoms with Crippen LogP contribution in [0.4, 0.5) is 22.7 Å². The molecular weight excluding hydrogens is 713 g/mol. The maximum absolute atomic E-state index is 2.48. The monoisotopic (exact) mass is 760 g/mol. The maximum Gasteiger partial charge on any atom is 0.0559 e. The summed E-state index contributed by atoms with van der Waals surface area (Å²) < 4.78 is 0. The van der Waals surface area contributed by atoms with Crippen molar-refractivity contribution < 1.29 is 0 Å². The molecule has 0 amide bonds. The zero-order chi connectivity index (χ0) is 39.8. The van der Waals surface area contributed by atoms with Crippen LogP contribution in [0.15, 0.2) is 206 Å². The summed E-state index contributed by atoms with van der Waals surface area (Å²) in [7, 11) is 0. The number of nitrogens with zero attached hydrogens (tertiary/aromatic N) is 2. The van der Waals surface area contributed by atoms with Gasteiger partial charge < -0.3 is 9.80 Å². The minimum atomic E-state index is -0.178. The summed E-state index contributed by atoms with van der Waals surface area (Å²) in [6.07, 6.45) is 23.6. The number of allylic oxidation sites excluding steroid dienone is 5. The second-order valence-electron chi connectivity index (χ2n) is 16.4. The highest BCUT2D eigenvalue weighted by atomic mass is 15.2. The van der Waals surface area contributed by atoms with Gasteiger partial charge in [0.25, 0.3) is 0 Å². The molecule has 2 heteroatoms. The standard InChI is InChI=1S/C57H48N2/c1-57(2)54-39-42(26-25-41-27-32-48(33-28-41)58(46-19-8-4-9-20-46)47-21-10-5-11-22-47)29-37-52(54)53-38-36-50(40-55(53)57)59(56-24-14-18-45-17-12-13-23-51(45)56)49-34-30-44(31-35-49)43-15-6-3-7-16-43/h3-4,6-10,12-19,21-40,46H,5,11,20H2,1-2H3/b26-25+. The fraction of sp³-hybridized carbons (Fsp3) is 0.123. The van der Waals surface area contributed by atoms with Gasteiger partial charge in [0.05, 0.1) is 11.7 Å². The summed E-state index contributed by atoms with van der Waals surface area (Å²) in [6.45, 7) is 4.76. The zero-order valence-corrected chi connectivity index (χ0v) is 33.8. The molecule has 3 aliphatic rings. The van der Waals surface area contributed by atoms with Crippen LogP contribution in [0.2, 0.25) is 0 Å². The quantitative estimate of drug-likeness (QED) is 0.135. The number of benzene rings is 7. The average molecular weight is 761 g/mol. The van der Waals surface area contributed by atoms with E-state index in [1.54, 1.807) is 0 Å². The van der Waals surface area contributed by atoms with E-state index in [2.05, 4.69) is 236 Å². The minimum absolute atomic E-state index is 0.178. The van der Waals surface area contributed by atoms with Gasteiger partial charge in [0.1, 0.15) is 0 Å². The van der Waals surface area contributed by atoms with E-state index in [1.165, 1.54) is 72.4 Å². The molecule has 0 aliphatic heterocycles. The highest BCUT2D eigenvalue weighted by Crippen LogP contribution is 2.51. The molecule has 1 unspecified atom stereocenters. The highest BCUT2D eigenvalue weighted by molar-refractivity contribution is 5.99. The van der Waals surface area contributed by atoms with Crippen LogP contribution in [0, 0.1) is 0 Å². The van der Waals surface area contributed by atoms with E-state index in [4.69, 9.17) is 0 Å². The third-order valence-corrected chi connectivity index (χ3v) is 12.4. The molecule has 0 heterocycles. The summed E-state index contributed by atoms with van der Waals surface area (Å²) >= 11 is 0. The molecule has 10 rings (SSSR count). The summed E-state index contributed by atoms with van der Waals surface area (Å²) in [5.74, 6) is 0. The molecule has 1 atom stereocenters. The predicted molar refractivity (Wildman–Crippen MR) is 253 cm³/mol. The van der Waals surface area contributed by atoms with Crippen molar-refractivity contribution in [3.8, 4) is 22.3 Å². The number of anilines is 4. The molecule has 7 aromatic carbocycles. The lowest BCUT2D eigenvalue weighted by atomic mass is 9.81. The molecule has 0 bridgehead atoms. The third kappa shape index (κ3) is 6.95. The van der Waals surface area contributed by atoms with E-state index < -0.39 is 0 Å². The summed E-state index contributed by atoms with van der Waals surface area (Å²) in [5.41, 5.74) is 16.0. The molecule has 0 saturated heterocycles. The fourth-order valence-electron chi connectivity index (χ4n) is 9.26. The molecule has 3 aliphatic carbocycles. The fourth-order valence-corrected chi connectivity index (χ4v) is 9.26. The Morgan fingerprint density at radius 3 is 2.02 bits per heavy atom. The Morgan fingerprint density at radius 1 is 0.559 bits per heavy atom. The Kier molecular flexibility index (Phi) is 9.55. The topological polar surface area (TPSA) is 6.48 Å². The van der Waals surface area contributed by atoms with Crippen molar-refractivity contribution in [2.75, 3.05) is 9.80 Å². The van der Waals surface area contributed by atoms with Crippen molar-refractivity contribution in [1.82, 2.24) is 0 Å². The lowest BCUT2D eigenvalue weighted by Gasteiger charge is -2.34. The summed E-state index contributed by atoms with van der Waals surface area (Å²) in [6, 6.07) is 58.4. The van der Waals surface area contributed by atoms with Crippen LogP contribution in [-0.4, -0.2) is 6.04 Å². The van der Waals surface area contributed by atoms with E-state index in [-0.39, 0.29) is 5.41 Å². The van der Waals surface area contributed by atoms with Crippen LogP contribution in [0.5, 0.6) is 0 Å². The van der Waals surface area contributed by atoms with Crippen molar-refractivity contribution in [1.29, 1.82) is 0 Å². The van der Waals surface area contributed by atoms with Gasteiger partial charge in [0.2, 0.25) is 0 Å². The highest BCUT2D eigenvalue weighted by Gasteiger charge is 2.36. The van der Waals surface area contributed by atoms with Gasteiger partial charge >= 0.3 is 0 Å². The molecule has 0 N–H and O–H groups in total. The van der Waals surface area contributed by atoms with Gasteiger partial charge in [-0.3, -0.25) is 0 Å². The smallest absolute Gasteiger partial charge is 0.0559 e. The first-order chi connectivity index (χ1) is 29.0. The first-order valence-electron chi connectivity index (χ1n) is 21.0. The lowest BCUT2D eigenvalue weighted by molar-refractivity contribution is 0.660. The van der Waals surface area contributed by atoms with Gasteiger partial charge in [-0.05, 0) is 118 Å². The van der Waals surface area contributed by atoms with Gasteiger partial charge in [-0.2, -0.15) is 0 Å². The predicted octanol–water partition coefficient (Wildman–Crippen LogP) is 15.4. The van der Waals surface area contributed by atoms with E-state index in [0.717, 1.165) is 30.6 Å². The number of fused-ring (bicyclic) bond motifs is 4. The first kappa shape index (κ1) is 36.4. The molecule has 0 radical (unpaired) electrons. The second kappa shape index (κ2) is 15.5. The van der Waals surface area contributed by atoms with Gasteiger partial charge in [-0.25, -0.2) is 0 Å². The second-order valence-corrected chi connectivity index (χ2v) is 16.4. The number of rotatable bonds is 9. The van der Waals surface area contributed by atoms with Crippen molar-refractivity contribution >= 4 is 45.7 Å². The van der Waals surface area contributed by atoms with Crippen LogP contribution < -0.4 is 9.80 Å². The van der Waals surface area contributed by atoms with Crippen molar-refractivity contribution in [2.45, 2.75) is 44.6 Å². The van der Waals surface area contributed by atoms with E-state index in [9.17, 15) is 0 Å². The summed E-state index contributed by atoms with van der Waals surface area (Å²) in [5, 5.41) is 2.46. The first-order valence-corrected chi connectivity index (χ1v) is 21.0. The maximum atomic E-state index is 2.48. The van der Waals surface area contributed by atoms with Crippen LogP contribution in [-0.2, 0) is 5.41 Å². The molecule has 286 valence electrons. The molecule has 0 spiro atoms. The Labute approximate surface area is 349 Å². The Bertz CT molecular complexity index is 2810. The molecule has 0 fully saturated rings. The Balaban J connectivity index is 0.955. The molecular formula is C57H48N2. The molecule has 7 aromatic rings. The van der Waals surface area contributed by atoms with Crippen LogP contribution in [0.25, 0.3) is 45.2 Å². The minimum Gasteiger partial charge on any atom is -0.335 e. The molecule has 0 aromatic heterocycles. The Hall–Kier alpha value is -6.90. The van der Waals surface area contributed by atoms with Gasteiger partial charge in [-0.15, -0.1) is 0 Å². The SMILES string of the molecule is CC1(C)c2cc(/C=C/c3ccc(N(C4=CCCC=C4)C4C=CC=CC4)cc3)ccc2-c2ccc(N(c3ccc(-c4ccccc4)cc3)c3cccc4ccccc34)cc21. The van der Waals surface area contributed by atoms with Crippen molar-refractivity contribution in [3.63, 3.8) is 0 Å². The normalized spacial score (nSPS) is 16.2. The van der Waals surface area contributed by atoms with Gasteiger partial charge in [0.15, 0.2) is 0 Å². The number of hydrogen-bond donors (Lipinski definition) is 0. The van der Waals surface area contributed by atoms with Crippen LogP contribution >= 0.6 is 0 Å². The van der Waals surface area contributed by atoms with Crippen molar-refractivity contribution in [3.05, 3.63) is 228 Å². The summed E-state index contributed by atoms with van der Waals surface area (Å²) in [4.78, 5) is 4.92. The zero-order valence-electron chi connectivity index (χ0n) is 33.8.